The Balaban J connectivity index is 1.83. The summed E-state index contributed by atoms with van der Waals surface area (Å²) in [7, 11) is 0. The maximum absolute atomic E-state index is 5.45. The van der Waals surface area contributed by atoms with Crippen LogP contribution in [0.25, 0.3) is 11.4 Å². The summed E-state index contributed by atoms with van der Waals surface area (Å²) in [6.45, 7) is 1.60. The molecule has 5 nitrogen and oxygen atoms in total. The molecule has 2 N–H and O–H groups in total. The number of rotatable bonds is 7. The molecule has 0 amide bonds. The van der Waals surface area contributed by atoms with Gasteiger partial charge in [-0.05, 0) is 24.6 Å². The zero-order chi connectivity index (χ0) is 12.6. The van der Waals surface area contributed by atoms with Crippen LogP contribution in [0.5, 0.6) is 0 Å². The molecule has 1 aromatic carbocycles. The summed E-state index contributed by atoms with van der Waals surface area (Å²) in [5, 5.41) is 12.5. The van der Waals surface area contributed by atoms with Crippen molar-refractivity contribution in [3.05, 3.63) is 30.3 Å². The average Bonchev–Trinajstić information content (AvgIpc) is 2.88. The lowest BCUT2D eigenvalue weighted by atomic mass is 10.2. The maximum atomic E-state index is 5.45. The van der Waals surface area contributed by atoms with Gasteiger partial charge >= 0.3 is 0 Å². The molecule has 0 bridgehead atoms. The van der Waals surface area contributed by atoms with Gasteiger partial charge in [-0.25, -0.2) is 0 Å². The molecule has 0 aliphatic carbocycles. The Hall–Kier alpha value is -1.75. The zero-order valence-electron chi connectivity index (χ0n) is 10.5. The molecule has 0 aliphatic heterocycles. The molecule has 0 atom stereocenters. The second-order valence-corrected chi connectivity index (χ2v) is 4.28. The smallest absolute Gasteiger partial charge is 0.204 e. The summed E-state index contributed by atoms with van der Waals surface area (Å²) in [6, 6.07) is 9.91. The van der Waals surface area contributed by atoms with E-state index in [1.807, 2.05) is 30.3 Å². The fourth-order valence-corrected chi connectivity index (χ4v) is 1.79. The van der Waals surface area contributed by atoms with Gasteiger partial charge in [-0.1, -0.05) is 43.2 Å². The van der Waals surface area contributed by atoms with E-state index in [0.717, 1.165) is 31.5 Å². The Morgan fingerprint density at radius 1 is 1.00 bits per heavy atom. The van der Waals surface area contributed by atoms with Crippen molar-refractivity contribution in [2.45, 2.75) is 32.2 Å². The molecule has 1 aromatic heterocycles. The molecular weight excluding hydrogens is 226 g/mol. The third-order valence-electron chi connectivity index (χ3n) is 2.80. The van der Waals surface area contributed by atoms with E-state index in [1.54, 1.807) is 4.80 Å². The van der Waals surface area contributed by atoms with Crippen molar-refractivity contribution in [1.29, 1.82) is 0 Å². The van der Waals surface area contributed by atoms with Gasteiger partial charge in [0.2, 0.25) is 5.82 Å². The van der Waals surface area contributed by atoms with Crippen LogP contribution in [0, 0.1) is 0 Å². The average molecular weight is 245 g/mol. The number of tetrazole rings is 1. The van der Waals surface area contributed by atoms with E-state index in [9.17, 15) is 0 Å². The Labute approximate surface area is 107 Å². The summed E-state index contributed by atoms with van der Waals surface area (Å²) in [6.07, 6.45) is 4.51. The number of benzene rings is 1. The second kappa shape index (κ2) is 6.86. The lowest BCUT2D eigenvalue weighted by Crippen LogP contribution is -2.03. The van der Waals surface area contributed by atoms with E-state index in [4.69, 9.17) is 5.73 Å². The van der Waals surface area contributed by atoms with Crippen molar-refractivity contribution in [2.24, 2.45) is 5.73 Å². The zero-order valence-corrected chi connectivity index (χ0v) is 10.5. The van der Waals surface area contributed by atoms with Gasteiger partial charge in [0.05, 0.1) is 6.54 Å². The molecule has 0 unspecified atom stereocenters. The Morgan fingerprint density at radius 2 is 1.78 bits per heavy atom. The van der Waals surface area contributed by atoms with Gasteiger partial charge in [0.15, 0.2) is 0 Å². The van der Waals surface area contributed by atoms with Crippen LogP contribution in [0.1, 0.15) is 25.7 Å². The standard InChI is InChI=1S/C13H19N5/c14-10-6-1-2-7-11-18-16-13(15-17-18)12-8-4-3-5-9-12/h3-5,8-9H,1-2,6-7,10-11,14H2. The number of nitrogens with two attached hydrogens (primary N) is 1. The van der Waals surface area contributed by atoms with Gasteiger partial charge < -0.3 is 5.73 Å². The Morgan fingerprint density at radius 3 is 2.56 bits per heavy atom. The lowest BCUT2D eigenvalue weighted by Gasteiger charge is -1.98. The van der Waals surface area contributed by atoms with Crippen LogP contribution in [-0.4, -0.2) is 26.8 Å². The minimum absolute atomic E-state index is 0.692. The van der Waals surface area contributed by atoms with Crippen molar-refractivity contribution in [2.75, 3.05) is 6.54 Å². The Bertz CT molecular complexity index is 451. The minimum Gasteiger partial charge on any atom is -0.330 e. The van der Waals surface area contributed by atoms with Crippen LogP contribution in [0.15, 0.2) is 30.3 Å². The first-order valence-electron chi connectivity index (χ1n) is 6.43. The van der Waals surface area contributed by atoms with Gasteiger partial charge in [-0.2, -0.15) is 4.80 Å². The fraction of sp³-hybridized carbons (Fsp3) is 0.462. The highest BCUT2D eigenvalue weighted by Gasteiger charge is 2.04. The summed E-state index contributed by atoms with van der Waals surface area (Å²) in [5.41, 5.74) is 6.46. The lowest BCUT2D eigenvalue weighted by molar-refractivity contribution is 0.478. The Kier molecular flexibility index (Phi) is 4.84. The number of aromatic nitrogens is 4. The third-order valence-corrected chi connectivity index (χ3v) is 2.80. The highest BCUT2D eigenvalue weighted by molar-refractivity contribution is 5.52. The second-order valence-electron chi connectivity index (χ2n) is 4.28. The number of unbranched alkanes of at least 4 members (excludes halogenated alkanes) is 3. The highest BCUT2D eigenvalue weighted by atomic mass is 15.6. The van der Waals surface area contributed by atoms with Crippen molar-refractivity contribution < 1.29 is 0 Å². The molecule has 5 heteroatoms. The molecule has 0 saturated heterocycles. The summed E-state index contributed by atoms with van der Waals surface area (Å²) < 4.78 is 0. The molecule has 0 spiro atoms. The summed E-state index contributed by atoms with van der Waals surface area (Å²) >= 11 is 0. The first-order valence-corrected chi connectivity index (χ1v) is 6.43. The van der Waals surface area contributed by atoms with Crippen LogP contribution in [-0.2, 0) is 6.54 Å². The van der Waals surface area contributed by atoms with Gasteiger partial charge in [0, 0.05) is 5.56 Å². The van der Waals surface area contributed by atoms with Gasteiger partial charge in [-0.3, -0.25) is 0 Å². The topological polar surface area (TPSA) is 69.6 Å². The molecule has 0 saturated carbocycles. The predicted octanol–water partition coefficient (Wildman–Crippen LogP) is 1.86. The maximum Gasteiger partial charge on any atom is 0.204 e. The molecule has 0 radical (unpaired) electrons. The quantitative estimate of drug-likeness (QED) is 0.756. The number of hydrogen-bond acceptors (Lipinski definition) is 4. The van der Waals surface area contributed by atoms with E-state index in [1.165, 1.54) is 12.8 Å². The van der Waals surface area contributed by atoms with E-state index >= 15 is 0 Å². The number of aryl methyl sites for hydroxylation is 1. The van der Waals surface area contributed by atoms with Crippen molar-refractivity contribution in [3.63, 3.8) is 0 Å². The highest BCUT2D eigenvalue weighted by Crippen LogP contribution is 2.12. The van der Waals surface area contributed by atoms with E-state index in [2.05, 4.69) is 15.4 Å². The predicted molar refractivity (Wildman–Crippen MR) is 70.8 cm³/mol. The van der Waals surface area contributed by atoms with Crippen LogP contribution in [0.4, 0.5) is 0 Å². The molecule has 0 fully saturated rings. The fourth-order valence-electron chi connectivity index (χ4n) is 1.79. The molecular formula is C13H19N5. The van der Waals surface area contributed by atoms with Gasteiger partial charge in [0.25, 0.3) is 0 Å². The monoisotopic (exact) mass is 245 g/mol. The third kappa shape index (κ3) is 3.63. The molecule has 96 valence electrons. The van der Waals surface area contributed by atoms with Crippen molar-refractivity contribution in [1.82, 2.24) is 20.2 Å². The van der Waals surface area contributed by atoms with E-state index < -0.39 is 0 Å². The molecule has 2 rings (SSSR count). The molecule has 2 aromatic rings. The van der Waals surface area contributed by atoms with E-state index in [0.29, 0.717) is 5.82 Å². The summed E-state index contributed by atoms with van der Waals surface area (Å²) in [5.74, 6) is 0.692. The van der Waals surface area contributed by atoms with Crippen molar-refractivity contribution >= 4 is 0 Å². The molecule has 18 heavy (non-hydrogen) atoms. The first kappa shape index (κ1) is 12.7. The van der Waals surface area contributed by atoms with Crippen LogP contribution < -0.4 is 5.73 Å². The number of nitrogens with zero attached hydrogens (tertiary/aromatic N) is 4. The van der Waals surface area contributed by atoms with Crippen LogP contribution in [0.3, 0.4) is 0 Å². The molecule has 0 aliphatic rings. The summed E-state index contributed by atoms with van der Waals surface area (Å²) in [4.78, 5) is 1.67. The van der Waals surface area contributed by atoms with Crippen LogP contribution >= 0.6 is 0 Å². The SMILES string of the molecule is NCCCCCCn1nnc(-c2ccccc2)n1. The van der Waals surface area contributed by atoms with E-state index in [-0.39, 0.29) is 0 Å². The van der Waals surface area contributed by atoms with Crippen molar-refractivity contribution in [3.8, 4) is 11.4 Å². The first-order chi connectivity index (χ1) is 8.90. The minimum atomic E-state index is 0.692. The van der Waals surface area contributed by atoms with Gasteiger partial charge in [-0.15, -0.1) is 10.2 Å². The largest absolute Gasteiger partial charge is 0.330 e. The van der Waals surface area contributed by atoms with Crippen LogP contribution in [0.2, 0.25) is 0 Å². The molecule has 1 heterocycles. The van der Waals surface area contributed by atoms with Gasteiger partial charge in [0.1, 0.15) is 0 Å². The normalized spacial score (nSPS) is 10.7. The number of hydrogen-bond donors (Lipinski definition) is 1.